The van der Waals surface area contributed by atoms with Crippen LogP contribution in [0, 0.1) is 5.92 Å². The third-order valence-corrected chi connectivity index (χ3v) is 5.52. The molecule has 2 heterocycles. The largest absolute Gasteiger partial charge is 0.445 e. The summed E-state index contributed by atoms with van der Waals surface area (Å²) in [6.45, 7) is 3.95. The van der Waals surface area contributed by atoms with Gasteiger partial charge in [-0.05, 0) is 24.3 Å². The fourth-order valence-corrected chi connectivity index (χ4v) is 3.62. The number of hydrogen-bond donors (Lipinski definition) is 4. The first-order valence-corrected chi connectivity index (χ1v) is 11.5. The van der Waals surface area contributed by atoms with Crippen molar-refractivity contribution in [1.29, 1.82) is 0 Å². The van der Waals surface area contributed by atoms with Crippen molar-refractivity contribution >= 4 is 23.7 Å². The van der Waals surface area contributed by atoms with Gasteiger partial charge in [0.1, 0.15) is 24.5 Å². The molecule has 182 valence electrons. The number of ether oxygens (including phenoxy) is 1. The first kappa shape index (κ1) is 24.9. The van der Waals surface area contributed by atoms with Crippen molar-refractivity contribution in [3.63, 3.8) is 0 Å². The average Bonchev–Trinajstić information content (AvgIpc) is 3.27. The predicted octanol–water partition coefficient (Wildman–Crippen LogP) is 1.41. The third-order valence-electron chi connectivity index (χ3n) is 5.52. The van der Waals surface area contributed by atoms with Crippen molar-refractivity contribution in [3.8, 4) is 0 Å². The van der Waals surface area contributed by atoms with Crippen LogP contribution in [0.4, 0.5) is 4.79 Å². The zero-order valence-corrected chi connectivity index (χ0v) is 19.4. The number of nitrogens with one attached hydrogen (secondary N) is 4. The van der Waals surface area contributed by atoms with E-state index in [4.69, 9.17) is 4.74 Å². The molecule has 3 amide bonds. The molecule has 1 aromatic heterocycles. The standard InChI is InChI=1S/C24H31N5O5/c1-15(2)20(29-24(33)34-14-16-8-4-3-5-9-16)22(31)28-18-12-17-13-26-19(27-17)10-6-7-11-25-23(32)21(18)30/h3-5,8-9,13,15,18,20H,6-7,10-12,14H2,1-2H3,(H,25,32)(H,26,27)(H,28,31)(H,29,33). The predicted molar refractivity (Wildman–Crippen MR) is 124 cm³/mol. The maximum absolute atomic E-state index is 13.1. The Morgan fingerprint density at radius 1 is 1.18 bits per heavy atom. The molecule has 2 atom stereocenters. The van der Waals surface area contributed by atoms with E-state index in [0.717, 1.165) is 24.2 Å². The number of hydrogen-bond acceptors (Lipinski definition) is 6. The summed E-state index contributed by atoms with van der Waals surface area (Å²) in [4.78, 5) is 58.0. The lowest BCUT2D eigenvalue weighted by molar-refractivity contribution is -0.140. The van der Waals surface area contributed by atoms with Gasteiger partial charge in [-0.25, -0.2) is 9.78 Å². The van der Waals surface area contributed by atoms with Crippen molar-refractivity contribution in [2.24, 2.45) is 5.92 Å². The van der Waals surface area contributed by atoms with E-state index >= 15 is 0 Å². The number of benzene rings is 1. The number of amides is 3. The number of aryl methyl sites for hydroxylation is 1. The topological polar surface area (TPSA) is 142 Å². The van der Waals surface area contributed by atoms with Gasteiger partial charge in [-0.2, -0.15) is 0 Å². The summed E-state index contributed by atoms with van der Waals surface area (Å²) in [5.74, 6) is -1.58. The number of alkyl carbamates (subject to hydrolysis) is 1. The van der Waals surface area contributed by atoms with Crippen LogP contribution >= 0.6 is 0 Å². The minimum Gasteiger partial charge on any atom is -0.445 e. The molecule has 0 saturated carbocycles. The molecule has 1 aromatic carbocycles. The lowest BCUT2D eigenvalue weighted by Gasteiger charge is -2.24. The van der Waals surface area contributed by atoms with E-state index in [-0.39, 0.29) is 18.9 Å². The lowest BCUT2D eigenvalue weighted by atomic mass is 10.0. The summed E-state index contributed by atoms with van der Waals surface area (Å²) in [5.41, 5.74) is 1.45. The van der Waals surface area contributed by atoms with Crippen LogP contribution in [-0.2, 0) is 38.6 Å². The van der Waals surface area contributed by atoms with E-state index in [2.05, 4.69) is 25.9 Å². The second-order valence-electron chi connectivity index (χ2n) is 8.63. The van der Waals surface area contributed by atoms with Gasteiger partial charge in [0.05, 0.1) is 0 Å². The Labute approximate surface area is 198 Å². The number of aromatic amines is 1. The molecule has 10 heteroatoms. The molecule has 0 spiro atoms. The van der Waals surface area contributed by atoms with Gasteiger partial charge in [0.2, 0.25) is 11.7 Å². The van der Waals surface area contributed by atoms with E-state index in [0.29, 0.717) is 18.7 Å². The number of imidazole rings is 1. The quantitative estimate of drug-likeness (QED) is 0.471. The Hall–Kier alpha value is -3.69. The highest BCUT2D eigenvalue weighted by Gasteiger charge is 2.32. The number of carbonyl (C=O) groups is 4. The summed E-state index contributed by atoms with van der Waals surface area (Å²) in [6, 6.07) is 7.10. The summed E-state index contributed by atoms with van der Waals surface area (Å²) < 4.78 is 5.22. The van der Waals surface area contributed by atoms with E-state index in [1.54, 1.807) is 20.0 Å². The van der Waals surface area contributed by atoms with E-state index in [9.17, 15) is 19.2 Å². The van der Waals surface area contributed by atoms with Gasteiger partial charge in [0.15, 0.2) is 0 Å². The van der Waals surface area contributed by atoms with E-state index in [1.165, 1.54) is 0 Å². The van der Waals surface area contributed by atoms with Crippen LogP contribution in [0.25, 0.3) is 0 Å². The normalized spacial score (nSPS) is 17.7. The number of Topliss-reactive ketones (excluding diaryl/α,β-unsaturated/α-hetero) is 1. The monoisotopic (exact) mass is 469 g/mol. The second kappa shape index (κ2) is 12.0. The van der Waals surface area contributed by atoms with Gasteiger partial charge in [0.25, 0.3) is 5.91 Å². The molecule has 1 aliphatic rings. The highest BCUT2D eigenvalue weighted by Crippen LogP contribution is 2.09. The lowest BCUT2D eigenvalue weighted by Crippen LogP contribution is -2.56. The Morgan fingerprint density at radius 3 is 2.68 bits per heavy atom. The van der Waals surface area contributed by atoms with Gasteiger partial charge in [-0.3, -0.25) is 14.4 Å². The highest BCUT2D eigenvalue weighted by atomic mass is 16.5. The molecule has 2 bridgehead atoms. The number of H-pyrrole nitrogens is 1. The zero-order chi connectivity index (χ0) is 24.5. The zero-order valence-electron chi connectivity index (χ0n) is 19.4. The summed E-state index contributed by atoms with van der Waals surface area (Å²) in [5, 5.41) is 7.82. The number of ketones is 1. The van der Waals surface area contributed by atoms with E-state index in [1.807, 2.05) is 30.3 Å². The summed E-state index contributed by atoms with van der Waals surface area (Å²) in [7, 11) is 0. The molecule has 0 aliphatic carbocycles. The first-order valence-electron chi connectivity index (χ1n) is 11.5. The number of carbonyl (C=O) groups excluding carboxylic acids is 4. The van der Waals surface area contributed by atoms with E-state index < -0.39 is 35.8 Å². The molecular formula is C24H31N5O5. The van der Waals surface area contributed by atoms with Crippen molar-refractivity contribution in [3.05, 3.63) is 53.6 Å². The Bertz CT molecular complexity index is 1000. The molecule has 4 N–H and O–H groups in total. The molecule has 1 aliphatic heterocycles. The molecule has 2 aromatic rings. The molecule has 0 saturated heterocycles. The van der Waals surface area contributed by atoms with Crippen molar-refractivity contribution < 1.29 is 23.9 Å². The minimum atomic E-state index is -1.11. The fraction of sp³-hybridized carbons (Fsp3) is 0.458. The number of fused-ring (bicyclic) bond motifs is 2. The first-order chi connectivity index (χ1) is 16.3. The average molecular weight is 470 g/mol. The van der Waals surface area contributed by atoms with Crippen molar-refractivity contribution in [1.82, 2.24) is 25.9 Å². The van der Waals surface area contributed by atoms with Crippen LogP contribution in [0.5, 0.6) is 0 Å². The Kier molecular flexibility index (Phi) is 8.78. The van der Waals surface area contributed by atoms with Gasteiger partial charge < -0.3 is 25.7 Å². The maximum Gasteiger partial charge on any atom is 0.408 e. The van der Waals surface area contributed by atoms with Crippen molar-refractivity contribution in [2.75, 3.05) is 6.54 Å². The molecular weight excluding hydrogens is 438 g/mol. The van der Waals surface area contributed by atoms with Crippen LogP contribution in [0.15, 0.2) is 36.5 Å². The fourth-order valence-electron chi connectivity index (χ4n) is 3.62. The summed E-state index contributed by atoms with van der Waals surface area (Å²) in [6.07, 6.45) is 3.19. The van der Waals surface area contributed by atoms with Gasteiger partial charge in [-0.15, -0.1) is 0 Å². The van der Waals surface area contributed by atoms with Crippen LogP contribution in [0.3, 0.4) is 0 Å². The Balaban J connectivity index is 1.67. The molecule has 0 fully saturated rings. The van der Waals surface area contributed by atoms with Gasteiger partial charge in [0, 0.05) is 31.3 Å². The molecule has 34 heavy (non-hydrogen) atoms. The summed E-state index contributed by atoms with van der Waals surface area (Å²) >= 11 is 0. The third kappa shape index (κ3) is 7.16. The maximum atomic E-state index is 13.1. The highest BCUT2D eigenvalue weighted by molar-refractivity contribution is 6.38. The Morgan fingerprint density at radius 2 is 1.94 bits per heavy atom. The molecule has 2 unspecified atom stereocenters. The van der Waals surface area contributed by atoms with Crippen LogP contribution in [0.2, 0.25) is 0 Å². The van der Waals surface area contributed by atoms with Gasteiger partial charge >= 0.3 is 6.09 Å². The van der Waals surface area contributed by atoms with Crippen LogP contribution < -0.4 is 16.0 Å². The minimum absolute atomic E-state index is 0.0581. The van der Waals surface area contributed by atoms with Crippen molar-refractivity contribution in [2.45, 2.75) is 58.2 Å². The number of nitrogens with zero attached hydrogens (tertiary/aromatic N) is 1. The SMILES string of the molecule is CC(C)C(NC(=O)OCc1ccccc1)C(=O)NC1Cc2cnc([nH]2)CCCCNC(=O)C1=O. The van der Waals surface area contributed by atoms with Gasteiger partial charge in [-0.1, -0.05) is 44.2 Å². The smallest absolute Gasteiger partial charge is 0.408 e. The molecule has 0 radical (unpaired) electrons. The number of rotatable bonds is 6. The van der Waals surface area contributed by atoms with Crippen LogP contribution in [0.1, 0.15) is 43.8 Å². The molecule has 10 nitrogen and oxygen atoms in total. The number of aromatic nitrogens is 2. The molecule has 3 rings (SSSR count). The second-order valence-corrected chi connectivity index (χ2v) is 8.63. The van der Waals surface area contributed by atoms with Crippen LogP contribution in [-0.4, -0.2) is 52.3 Å².